The van der Waals surface area contributed by atoms with Crippen LogP contribution in [0, 0.1) is 0 Å². The van der Waals surface area contributed by atoms with Crippen molar-refractivity contribution < 1.29 is 30.0 Å². The molecule has 2 unspecified atom stereocenters. The van der Waals surface area contributed by atoms with E-state index in [4.69, 9.17) is 20.4 Å². The van der Waals surface area contributed by atoms with Crippen LogP contribution in [0.1, 0.15) is 26.7 Å². The third kappa shape index (κ3) is 20.9. The number of hydrogen-bond acceptors (Lipinski definition) is 6. The van der Waals surface area contributed by atoms with E-state index < -0.39 is 22.4 Å². The molecule has 0 aliphatic carbocycles. The zero-order valence-electron chi connectivity index (χ0n) is 10.5. The molecule has 0 aromatic carbocycles. The highest BCUT2D eigenvalue weighted by Gasteiger charge is 2.06. The summed E-state index contributed by atoms with van der Waals surface area (Å²) in [6.45, 7) is 3.32. The summed E-state index contributed by atoms with van der Waals surface area (Å²) >= 11 is 7.45. The summed E-state index contributed by atoms with van der Waals surface area (Å²) in [5.74, 6) is -1.68. The summed E-state index contributed by atoms with van der Waals surface area (Å²) < 4.78 is 0. The van der Waals surface area contributed by atoms with Crippen molar-refractivity contribution in [3.05, 3.63) is 0 Å². The minimum atomic E-state index is -0.842. The van der Waals surface area contributed by atoms with Crippen LogP contribution in [-0.4, -0.2) is 56.1 Å². The third-order valence-electron chi connectivity index (χ3n) is 1.44. The van der Waals surface area contributed by atoms with E-state index in [9.17, 15) is 9.59 Å². The number of thiol groups is 2. The summed E-state index contributed by atoms with van der Waals surface area (Å²) in [6, 6.07) is 0. The van der Waals surface area contributed by atoms with Crippen molar-refractivity contribution in [2.75, 3.05) is 13.2 Å². The van der Waals surface area contributed by atoms with Gasteiger partial charge in [-0.3, -0.25) is 9.59 Å². The van der Waals surface area contributed by atoms with Gasteiger partial charge in [-0.05, 0) is 12.8 Å². The molecule has 0 heterocycles. The smallest absolute Gasteiger partial charge is 0.316 e. The Morgan fingerprint density at radius 3 is 1.11 bits per heavy atom. The first kappa shape index (κ1) is 22.7. The highest BCUT2D eigenvalue weighted by molar-refractivity contribution is 7.82. The van der Waals surface area contributed by atoms with Crippen LogP contribution < -0.4 is 0 Å². The molecular formula is C10H22O6S2. The van der Waals surface area contributed by atoms with Gasteiger partial charge in [0.2, 0.25) is 0 Å². The average molecular weight is 302 g/mol. The van der Waals surface area contributed by atoms with E-state index in [-0.39, 0.29) is 13.2 Å². The van der Waals surface area contributed by atoms with Crippen molar-refractivity contribution in [1.82, 2.24) is 0 Å². The predicted molar refractivity (Wildman–Crippen MR) is 75.6 cm³/mol. The molecule has 0 aliphatic rings. The molecule has 0 saturated carbocycles. The molecule has 0 radical (unpaired) electrons. The van der Waals surface area contributed by atoms with Gasteiger partial charge in [-0.15, -0.1) is 0 Å². The van der Waals surface area contributed by atoms with Crippen molar-refractivity contribution in [2.45, 2.75) is 37.2 Å². The molecular weight excluding hydrogens is 280 g/mol. The highest BCUT2D eigenvalue weighted by atomic mass is 32.1. The summed E-state index contributed by atoms with van der Waals surface area (Å²) in [6.07, 6.45) is 1.16. The number of carboxylic acids is 2. The summed E-state index contributed by atoms with van der Waals surface area (Å²) in [5, 5.41) is 30.5. The van der Waals surface area contributed by atoms with Crippen LogP contribution in [0.3, 0.4) is 0 Å². The van der Waals surface area contributed by atoms with E-state index >= 15 is 0 Å². The lowest BCUT2D eigenvalue weighted by Crippen LogP contribution is -2.10. The van der Waals surface area contributed by atoms with Crippen molar-refractivity contribution in [1.29, 1.82) is 0 Å². The van der Waals surface area contributed by atoms with E-state index in [0.29, 0.717) is 12.8 Å². The van der Waals surface area contributed by atoms with E-state index in [0.717, 1.165) is 0 Å². The maximum absolute atomic E-state index is 9.85. The van der Waals surface area contributed by atoms with Gasteiger partial charge in [0, 0.05) is 0 Å². The zero-order valence-corrected chi connectivity index (χ0v) is 12.3. The molecule has 0 amide bonds. The van der Waals surface area contributed by atoms with E-state index in [1.165, 1.54) is 0 Å². The van der Waals surface area contributed by atoms with E-state index in [2.05, 4.69) is 25.3 Å². The first-order chi connectivity index (χ1) is 8.28. The first-order valence-electron chi connectivity index (χ1n) is 5.31. The van der Waals surface area contributed by atoms with Gasteiger partial charge >= 0.3 is 11.9 Å². The molecule has 6 nitrogen and oxygen atoms in total. The standard InChI is InChI=1S/2C4H8O2S.C2H6O2/c2*1-2-3(7)4(5)6;3-1-2-4/h2*3,7H,2H2,1H3,(H,5,6);3-4H,1-2H2. The summed E-state index contributed by atoms with van der Waals surface area (Å²) in [4.78, 5) is 19.7. The molecule has 0 aliphatic heterocycles. The Labute approximate surface area is 118 Å². The van der Waals surface area contributed by atoms with Crippen LogP contribution in [0.2, 0.25) is 0 Å². The number of rotatable bonds is 5. The lowest BCUT2D eigenvalue weighted by molar-refractivity contribution is -0.137. The Hall–Kier alpha value is -0.440. The topological polar surface area (TPSA) is 115 Å². The van der Waals surface area contributed by atoms with Crippen LogP contribution in [0.15, 0.2) is 0 Å². The van der Waals surface area contributed by atoms with Gasteiger partial charge in [0.1, 0.15) is 0 Å². The monoisotopic (exact) mass is 302 g/mol. The number of aliphatic carboxylic acids is 2. The van der Waals surface area contributed by atoms with E-state index in [1.807, 2.05) is 0 Å². The number of hydrogen-bond donors (Lipinski definition) is 6. The minimum absolute atomic E-state index is 0.125. The molecule has 0 fully saturated rings. The van der Waals surface area contributed by atoms with E-state index in [1.54, 1.807) is 13.8 Å². The Bertz CT molecular complexity index is 191. The van der Waals surface area contributed by atoms with Crippen molar-refractivity contribution in [3.63, 3.8) is 0 Å². The largest absolute Gasteiger partial charge is 0.480 e. The SMILES string of the molecule is CCC(S)C(=O)O.CCC(S)C(=O)O.OCCO. The first-order valence-corrected chi connectivity index (χ1v) is 6.35. The van der Waals surface area contributed by atoms with Gasteiger partial charge in [0.25, 0.3) is 0 Å². The van der Waals surface area contributed by atoms with Gasteiger partial charge in [-0.1, -0.05) is 13.8 Å². The fourth-order valence-corrected chi connectivity index (χ4v) is 0.349. The molecule has 8 heteroatoms. The Balaban J connectivity index is -0.000000196. The summed E-state index contributed by atoms with van der Waals surface area (Å²) in [5.41, 5.74) is 0. The normalized spacial score (nSPS) is 12.1. The maximum atomic E-state index is 9.85. The second-order valence-corrected chi connectivity index (χ2v) is 4.22. The zero-order chi connectivity index (χ0) is 15.1. The second kappa shape index (κ2) is 16.6. The van der Waals surface area contributed by atoms with Gasteiger partial charge in [-0.2, -0.15) is 25.3 Å². The molecule has 0 aromatic heterocycles. The minimum Gasteiger partial charge on any atom is -0.480 e. The Kier molecular flexibility index (Phi) is 20.9. The van der Waals surface area contributed by atoms with Gasteiger partial charge in [-0.25, -0.2) is 0 Å². The molecule has 0 bridgehead atoms. The Morgan fingerprint density at radius 2 is 1.11 bits per heavy atom. The van der Waals surface area contributed by atoms with Crippen LogP contribution in [0.5, 0.6) is 0 Å². The van der Waals surface area contributed by atoms with Gasteiger partial charge in [0.05, 0.1) is 23.7 Å². The van der Waals surface area contributed by atoms with Crippen molar-refractivity contribution in [2.24, 2.45) is 0 Å². The summed E-state index contributed by atoms with van der Waals surface area (Å²) in [7, 11) is 0. The van der Waals surface area contributed by atoms with Crippen LogP contribution >= 0.6 is 25.3 Å². The second-order valence-electron chi connectivity index (χ2n) is 2.97. The maximum Gasteiger partial charge on any atom is 0.316 e. The van der Waals surface area contributed by atoms with Crippen LogP contribution in [0.4, 0.5) is 0 Å². The molecule has 0 spiro atoms. The molecule has 0 rings (SSSR count). The highest BCUT2D eigenvalue weighted by Crippen LogP contribution is 1.98. The molecule has 2 atom stereocenters. The fourth-order valence-electron chi connectivity index (χ4n) is 0.349. The average Bonchev–Trinajstić information content (AvgIpc) is 2.37. The molecule has 18 heavy (non-hydrogen) atoms. The fraction of sp³-hybridized carbons (Fsp3) is 0.800. The van der Waals surface area contributed by atoms with Crippen molar-refractivity contribution in [3.8, 4) is 0 Å². The quantitative estimate of drug-likeness (QED) is 0.413. The van der Waals surface area contributed by atoms with Gasteiger partial charge < -0.3 is 20.4 Å². The molecule has 4 N–H and O–H groups in total. The van der Waals surface area contributed by atoms with Crippen LogP contribution in [-0.2, 0) is 9.59 Å². The van der Waals surface area contributed by atoms with Crippen molar-refractivity contribution >= 4 is 37.2 Å². The third-order valence-corrected chi connectivity index (χ3v) is 2.62. The Morgan fingerprint density at radius 1 is 0.889 bits per heavy atom. The molecule has 0 saturated heterocycles. The lowest BCUT2D eigenvalue weighted by atomic mass is 10.3. The molecule has 110 valence electrons. The number of carbonyl (C=O) groups is 2. The molecule has 0 aromatic rings. The predicted octanol–water partition coefficient (Wildman–Crippen LogP) is 0.530. The number of aliphatic hydroxyl groups is 2. The lowest BCUT2D eigenvalue weighted by Gasteiger charge is -1.95. The van der Waals surface area contributed by atoms with Crippen LogP contribution in [0.25, 0.3) is 0 Å². The number of carboxylic acid groups (broad SMARTS) is 2. The van der Waals surface area contributed by atoms with Gasteiger partial charge in [0.15, 0.2) is 0 Å². The number of aliphatic hydroxyl groups excluding tert-OH is 2.